The van der Waals surface area contributed by atoms with Gasteiger partial charge in [0.15, 0.2) is 0 Å². The van der Waals surface area contributed by atoms with Crippen LogP contribution < -0.4 is 4.90 Å². The molecule has 1 aliphatic rings. The van der Waals surface area contributed by atoms with E-state index in [1.807, 2.05) is 6.92 Å². The molecule has 84 valence electrons. The first-order valence-electron chi connectivity index (χ1n) is 4.90. The van der Waals surface area contributed by atoms with Gasteiger partial charge in [-0.2, -0.15) is 0 Å². The fourth-order valence-corrected chi connectivity index (χ4v) is 2.27. The minimum atomic E-state index is -1.04. The first-order valence-corrected chi connectivity index (χ1v) is 5.28. The number of likely N-dealkylation sites (N-methyl/N-ethyl adjacent to an activating group) is 1. The largest absolute Gasteiger partial charge is 0.478 e. The Labute approximate surface area is 97.4 Å². The number of fused-ring (bicyclic) bond motifs is 1. The summed E-state index contributed by atoms with van der Waals surface area (Å²) >= 11 is 6.00. The molecule has 4 nitrogen and oxygen atoms in total. The molecule has 1 aromatic rings. The lowest BCUT2D eigenvalue weighted by Crippen LogP contribution is -2.26. The second-order valence-electron chi connectivity index (χ2n) is 3.59. The summed E-state index contributed by atoms with van der Waals surface area (Å²) in [4.78, 5) is 24.0. The Bertz CT molecular complexity index is 484. The molecule has 0 fully saturated rings. The van der Waals surface area contributed by atoms with E-state index < -0.39 is 5.97 Å². The SMILES string of the molecule is CCN1C(=O)Cc2cc(C(=O)O)cc(Cl)c21. The number of hydrogen-bond acceptors (Lipinski definition) is 2. The van der Waals surface area contributed by atoms with Gasteiger partial charge in [0.1, 0.15) is 0 Å². The Kier molecular flexibility index (Phi) is 2.59. The number of nitrogens with zero attached hydrogens (tertiary/aromatic N) is 1. The Balaban J connectivity index is 2.57. The highest BCUT2D eigenvalue weighted by Gasteiger charge is 2.29. The molecule has 1 aliphatic heterocycles. The highest BCUT2D eigenvalue weighted by molar-refractivity contribution is 6.35. The number of aromatic carboxylic acids is 1. The van der Waals surface area contributed by atoms with Crippen LogP contribution in [0.25, 0.3) is 0 Å². The molecule has 0 atom stereocenters. The zero-order valence-electron chi connectivity index (χ0n) is 8.66. The van der Waals surface area contributed by atoms with Gasteiger partial charge in [-0.1, -0.05) is 11.6 Å². The summed E-state index contributed by atoms with van der Waals surface area (Å²) in [5, 5.41) is 9.19. The molecule has 0 unspecified atom stereocenters. The van der Waals surface area contributed by atoms with Crippen molar-refractivity contribution in [1.29, 1.82) is 0 Å². The van der Waals surface area contributed by atoms with Gasteiger partial charge in [-0.15, -0.1) is 0 Å². The molecule has 16 heavy (non-hydrogen) atoms. The maximum Gasteiger partial charge on any atom is 0.335 e. The van der Waals surface area contributed by atoms with E-state index in [9.17, 15) is 9.59 Å². The minimum absolute atomic E-state index is 0.0399. The first-order chi connectivity index (χ1) is 7.54. The van der Waals surface area contributed by atoms with E-state index in [2.05, 4.69) is 0 Å². The second-order valence-corrected chi connectivity index (χ2v) is 3.99. The van der Waals surface area contributed by atoms with Crippen molar-refractivity contribution in [2.24, 2.45) is 0 Å². The zero-order chi connectivity index (χ0) is 11.9. The maximum absolute atomic E-state index is 11.6. The molecule has 1 amide bonds. The number of hydrogen-bond donors (Lipinski definition) is 1. The summed E-state index contributed by atoms with van der Waals surface area (Å²) in [6.07, 6.45) is 0.226. The molecule has 1 heterocycles. The number of benzene rings is 1. The Hall–Kier alpha value is -1.55. The van der Waals surface area contributed by atoms with E-state index in [4.69, 9.17) is 16.7 Å². The molecule has 0 spiro atoms. The van der Waals surface area contributed by atoms with Crippen LogP contribution in [0.5, 0.6) is 0 Å². The van der Waals surface area contributed by atoms with Crippen molar-refractivity contribution in [3.8, 4) is 0 Å². The molecule has 0 bridgehead atoms. The highest BCUT2D eigenvalue weighted by Crippen LogP contribution is 2.36. The molecule has 0 radical (unpaired) electrons. The van der Waals surface area contributed by atoms with Crippen LogP contribution in [0.15, 0.2) is 12.1 Å². The van der Waals surface area contributed by atoms with Crippen LogP contribution in [0.1, 0.15) is 22.8 Å². The number of carboxylic acids is 1. The monoisotopic (exact) mass is 239 g/mol. The summed E-state index contributed by atoms with van der Waals surface area (Å²) in [5.74, 6) is -1.07. The lowest BCUT2D eigenvalue weighted by Gasteiger charge is -2.16. The Morgan fingerprint density at radius 1 is 1.56 bits per heavy atom. The lowest BCUT2D eigenvalue weighted by atomic mass is 10.1. The van der Waals surface area contributed by atoms with Crippen LogP contribution in [0.4, 0.5) is 5.69 Å². The summed E-state index contributed by atoms with van der Waals surface area (Å²) in [6.45, 7) is 2.40. The van der Waals surface area contributed by atoms with Crippen LogP contribution in [-0.4, -0.2) is 23.5 Å². The van der Waals surface area contributed by atoms with E-state index in [-0.39, 0.29) is 17.9 Å². The number of halogens is 1. The summed E-state index contributed by atoms with van der Waals surface area (Å²) in [7, 11) is 0. The number of anilines is 1. The van der Waals surface area contributed by atoms with Crippen LogP contribution in [0.2, 0.25) is 5.02 Å². The third-order valence-electron chi connectivity index (χ3n) is 2.62. The topological polar surface area (TPSA) is 57.6 Å². The predicted molar refractivity (Wildman–Crippen MR) is 60.1 cm³/mol. The van der Waals surface area contributed by atoms with Gasteiger partial charge < -0.3 is 10.0 Å². The fourth-order valence-electron chi connectivity index (χ4n) is 1.93. The van der Waals surface area contributed by atoms with Gasteiger partial charge in [-0.3, -0.25) is 4.79 Å². The van der Waals surface area contributed by atoms with Crippen molar-refractivity contribution in [1.82, 2.24) is 0 Å². The van der Waals surface area contributed by atoms with Gasteiger partial charge in [0.05, 0.1) is 22.7 Å². The van der Waals surface area contributed by atoms with E-state index in [1.54, 1.807) is 4.90 Å². The first kappa shape index (κ1) is 11.0. The van der Waals surface area contributed by atoms with E-state index in [0.29, 0.717) is 22.8 Å². The maximum atomic E-state index is 11.6. The van der Waals surface area contributed by atoms with Gasteiger partial charge >= 0.3 is 5.97 Å². The molecule has 0 aliphatic carbocycles. The quantitative estimate of drug-likeness (QED) is 0.858. The van der Waals surface area contributed by atoms with Crippen LogP contribution in [-0.2, 0) is 11.2 Å². The van der Waals surface area contributed by atoms with Crippen molar-refractivity contribution >= 4 is 29.2 Å². The number of amides is 1. The third kappa shape index (κ3) is 1.55. The van der Waals surface area contributed by atoms with Gasteiger partial charge in [-0.05, 0) is 24.6 Å². The fraction of sp³-hybridized carbons (Fsp3) is 0.273. The van der Waals surface area contributed by atoms with Gasteiger partial charge in [-0.25, -0.2) is 4.79 Å². The summed E-state index contributed by atoms with van der Waals surface area (Å²) < 4.78 is 0. The summed E-state index contributed by atoms with van der Waals surface area (Å²) in [5.41, 5.74) is 1.46. The normalized spacial score (nSPS) is 14.1. The zero-order valence-corrected chi connectivity index (χ0v) is 9.41. The van der Waals surface area contributed by atoms with Gasteiger partial charge in [0.25, 0.3) is 0 Å². The molecule has 0 saturated heterocycles. The molecule has 2 rings (SSSR count). The Morgan fingerprint density at radius 3 is 2.81 bits per heavy atom. The predicted octanol–water partition coefficient (Wildman–Crippen LogP) is 1.95. The molecular weight excluding hydrogens is 230 g/mol. The van der Waals surface area contributed by atoms with Crippen molar-refractivity contribution < 1.29 is 14.7 Å². The standard InChI is InChI=1S/C11H10ClNO3/c1-2-13-9(14)5-6-3-7(11(15)16)4-8(12)10(6)13/h3-4H,2,5H2,1H3,(H,15,16). The average molecular weight is 240 g/mol. The molecule has 5 heteroatoms. The average Bonchev–Trinajstić information content (AvgIpc) is 2.53. The van der Waals surface area contributed by atoms with Crippen LogP contribution >= 0.6 is 11.6 Å². The highest BCUT2D eigenvalue weighted by atomic mass is 35.5. The van der Waals surface area contributed by atoms with Crippen molar-refractivity contribution in [3.05, 3.63) is 28.3 Å². The molecule has 1 N–H and O–H groups in total. The van der Waals surface area contributed by atoms with E-state index >= 15 is 0 Å². The number of carbonyl (C=O) groups excluding carboxylic acids is 1. The molecule has 0 saturated carbocycles. The molecule has 0 aromatic heterocycles. The minimum Gasteiger partial charge on any atom is -0.478 e. The smallest absolute Gasteiger partial charge is 0.335 e. The number of carbonyl (C=O) groups is 2. The van der Waals surface area contributed by atoms with Gasteiger partial charge in [0, 0.05) is 6.54 Å². The van der Waals surface area contributed by atoms with Crippen LogP contribution in [0, 0.1) is 0 Å². The third-order valence-corrected chi connectivity index (χ3v) is 2.91. The van der Waals surface area contributed by atoms with Crippen molar-refractivity contribution in [2.45, 2.75) is 13.3 Å². The van der Waals surface area contributed by atoms with Crippen LogP contribution in [0.3, 0.4) is 0 Å². The number of rotatable bonds is 2. The Morgan fingerprint density at radius 2 is 2.25 bits per heavy atom. The lowest BCUT2D eigenvalue weighted by molar-refractivity contribution is -0.117. The van der Waals surface area contributed by atoms with Crippen molar-refractivity contribution in [2.75, 3.05) is 11.4 Å². The van der Waals surface area contributed by atoms with E-state index in [1.165, 1.54) is 12.1 Å². The van der Waals surface area contributed by atoms with Gasteiger partial charge in [0.2, 0.25) is 5.91 Å². The summed E-state index contributed by atoms with van der Waals surface area (Å²) in [6, 6.07) is 2.89. The van der Waals surface area contributed by atoms with Crippen molar-refractivity contribution in [3.63, 3.8) is 0 Å². The molecule has 1 aromatic carbocycles. The number of carboxylic acid groups (broad SMARTS) is 1. The molecular formula is C11H10ClNO3. The second kappa shape index (κ2) is 3.79. The van der Waals surface area contributed by atoms with E-state index in [0.717, 1.165) is 0 Å².